The molecule has 0 bridgehead atoms. The smallest absolute Gasteiger partial charge is 0.203 e. The predicted octanol–water partition coefficient (Wildman–Crippen LogP) is 2.17. The monoisotopic (exact) mass is 379 g/mol. The highest BCUT2D eigenvalue weighted by molar-refractivity contribution is 7.15. The van der Waals surface area contributed by atoms with E-state index >= 15 is 0 Å². The van der Waals surface area contributed by atoms with Crippen molar-refractivity contribution in [1.82, 2.24) is 24.5 Å². The topological polar surface area (TPSA) is 85.8 Å². The predicted molar refractivity (Wildman–Crippen MR) is 103 cm³/mol. The molecule has 0 aliphatic carbocycles. The summed E-state index contributed by atoms with van der Waals surface area (Å²) in [5.41, 5.74) is 3.10. The van der Waals surface area contributed by atoms with Crippen LogP contribution >= 0.6 is 11.3 Å². The highest BCUT2D eigenvalue weighted by Crippen LogP contribution is 2.26. The van der Waals surface area contributed by atoms with E-state index < -0.39 is 0 Å². The van der Waals surface area contributed by atoms with Crippen LogP contribution in [0.5, 0.6) is 0 Å². The zero-order chi connectivity index (χ0) is 18.8. The van der Waals surface area contributed by atoms with Gasteiger partial charge in [0.15, 0.2) is 0 Å². The van der Waals surface area contributed by atoms with Crippen molar-refractivity contribution in [3.63, 3.8) is 0 Å². The molecule has 0 fully saturated rings. The highest BCUT2D eigenvalue weighted by atomic mass is 32.1. The van der Waals surface area contributed by atoms with Crippen LogP contribution in [0, 0.1) is 0 Å². The fourth-order valence-corrected chi connectivity index (χ4v) is 3.53. The van der Waals surface area contributed by atoms with Crippen LogP contribution in [0.25, 0.3) is 16.3 Å². The van der Waals surface area contributed by atoms with Crippen LogP contribution in [0.1, 0.15) is 16.1 Å². The van der Waals surface area contributed by atoms with Gasteiger partial charge in [-0.25, -0.2) is 9.67 Å². The third kappa shape index (κ3) is 3.71. The van der Waals surface area contributed by atoms with Crippen molar-refractivity contribution in [3.05, 3.63) is 81.5 Å². The van der Waals surface area contributed by atoms with Gasteiger partial charge in [-0.2, -0.15) is 10.2 Å². The molecule has 0 spiro atoms. The SMILES string of the molecule is Cn1cc(-n2ccc(=O)c(Cc3cccc(-c4ncc(CO)s4)c3)n2)cn1. The van der Waals surface area contributed by atoms with Gasteiger partial charge in [0.1, 0.15) is 16.4 Å². The Balaban J connectivity index is 1.64. The van der Waals surface area contributed by atoms with Gasteiger partial charge >= 0.3 is 0 Å². The molecule has 0 atom stereocenters. The molecule has 0 aliphatic heterocycles. The second-order valence-corrected chi connectivity index (χ2v) is 7.23. The molecule has 0 aliphatic rings. The van der Waals surface area contributed by atoms with Gasteiger partial charge in [0.05, 0.1) is 23.9 Å². The zero-order valence-corrected chi connectivity index (χ0v) is 15.4. The normalized spacial score (nSPS) is 11.0. The van der Waals surface area contributed by atoms with Gasteiger partial charge in [0, 0.05) is 37.5 Å². The molecule has 0 saturated heterocycles. The van der Waals surface area contributed by atoms with Crippen molar-refractivity contribution in [3.8, 4) is 16.3 Å². The zero-order valence-electron chi connectivity index (χ0n) is 14.6. The number of aliphatic hydroxyl groups is 1. The van der Waals surface area contributed by atoms with Crippen LogP contribution in [-0.4, -0.2) is 29.7 Å². The lowest BCUT2D eigenvalue weighted by molar-refractivity contribution is 0.285. The van der Waals surface area contributed by atoms with Crippen molar-refractivity contribution >= 4 is 11.3 Å². The summed E-state index contributed by atoms with van der Waals surface area (Å²) in [6.45, 7) is -0.0147. The van der Waals surface area contributed by atoms with E-state index in [9.17, 15) is 9.90 Å². The second-order valence-electron chi connectivity index (χ2n) is 6.11. The minimum absolute atomic E-state index is 0.0147. The molecular formula is C19H17N5O2S. The maximum Gasteiger partial charge on any atom is 0.203 e. The Kier molecular flexibility index (Phi) is 4.66. The summed E-state index contributed by atoms with van der Waals surface area (Å²) >= 11 is 1.45. The Morgan fingerprint density at radius 3 is 2.85 bits per heavy atom. The van der Waals surface area contributed by atoms with E-state index in [0.717, 1.165) is 26.7 Å². The fourth-order valence-electron chi connectivity index (χ4n) is 2.76. The van der Waals surface area contributed by atoms with Crippen molar-refractivity contribution < 1.29 is 5.11 Å². The van der Waals surface area contributed by atoms with Crippen LogP contribution in [0.4, 0.5) is 0 Å². The molecule has 4 rings (SSSR count). The van der Waals surface area contributed by atoms with Crippen LogP contribution in [0.3, 0.4) is 0 Å². The number of aryl methyl sites for hydroxylation is 1. The molecule has 136 valence electrons. The van der Waals surface area contributed by atoms with Crippen molar-refractivity contribution in [2.45, 2.75) is 13.0 Å². The first-order chi connectivity index (χ1) is 13.1. The summed E-state index contributed by atoms with van der Waals surface area (Å²) < 4.78 is 3.34. The van der Waals surface area contributed by atoms with Gasteiger partial charge in [0.25, 0.3) is 0 Å². The Labute approximate surface area is 159 Å². The molecule has 4 aromatic rings. The molecule has 1 N–H and O–H groups in total. The summed E-state index contributed by atoms with van der Waals surface area (Å²) in [4.78, 5) is 17.4. The van der Waals surface area contributed by atoms with Crippen LogP contribution < -0.4 is 5.43 Å². The molecule has 0 unspecified atom stereocenters. The summed E-state index contributed by atoms with van der Waals surface area (Å²) in [6, 6.07) is 9.39. The third-order valence-electron chi connectivity index (χ3n) is 4.09. The van der Waals surface area contributed by atoms with Gasteiger partial charge in [-0.3, -0.25) is 9.48 Å². The molecule has 0 radical (unpaired) electrons. The first kappa shape index (κ1) is 17.3. The summed E-state index contributed by atoms with van der Waals surface area (Å²) in [5.74, 6) is 0. The maximum atomic E-state index is 12.3. The number of nitrogens with zero attached hydrogens (tertiary/aromatic N) is 5. The lowest BCUT2D eigenvalue weighted by Gasteiger charge is -2.06. The number of thiazole rings is 1. The van der Waals surface area contributed by atoms with E-state index in [0.29, 0.717) is 12.1 Å². The molecule has 3 heterocycles. The largest absolute Gasteiger partial charge is 0.391 e. The number of hydrogen-bond donors (Lipinski definition) is 1. The standard InChI is InChI=1S/C19H17N5O2S/c1-23-11-15(9-21-23)24-6-5-18(26)17(22-24)8-13-3-2-4-14(7-13)19-20-10-16(12-25)27-19/h2-7,9-11,25H,8,12H2,1H3. The van der Waals surface area contributed by atoms with E-state index in [1.165, 1.54) is 17.4 Å². The van der Waals surface area contributed by atoms with E-state index in [1.54, 1.807) is 28.0 Å². The van der Waals surface area contributed by atoms with Gasteiger partial charge < -0.3 is 5.11 Å². The molecule has 7 nitrogen and oxygen atoms in total. The van der Waals surface area contributed by atoms with Gasteiger partial charge in [-0.15, -0.1) is 11.3 Å². The molecule has 3 aromatic heterocycles. The number of hydrogen-bond acceptors (Lipinski definition) is 6. The van der Waals surface area contributed by atoms with Crippen LogP contribution in [-0.2, 0) is 20.1 Å². The van der Waals surface area contributed by atoms with Gasteiger partial charge in [0.2, 0.25) is 5.43 Å². The molecule has 27 heavy (non-hydrogen) atoms. The number of rotatable bonds is 5. The third-order valence-corrected chi connectivity index (χ3v) is 5.12. The molecule has 0 amide bonds. The second kappa shape index (κ2) is 7.26. The quantitative estimate of drug-likeness (QED) is 0.574. The highest BCUT2D eigenvalue weighted by Gasteiger charge is 2.09. The van der Waals surface area contributed by atoms with Crippen LogP contribution in [0.2, 0.25) is 0 Å². The number of aromatic nitrogens is 5. The molecule has 1 aromatic carbocycles. The summed E-state index contributed by atoms with van der Waals surface area (Å²) in [7, 11) is 1.83. The minimum atomic E-state index is -0.0997. The Morgan fingerprint density at radius 1 is 1.22 bits per heavy atom. The minimum Gasteiger partial charge on any atom is -0.391 e. The van der Waals surface area contributed by atoms with E-state index in [2.05, 4.69) is 15.2 Å². The van der Waals surface area contributed by atoms with Gasteiger partial charge in [-0.05, 0) is 11.6 Å². The number of aliphatic hydroxyl groups excluding tert-OH is 1. The summed E-state index contributed by atoms with van der Waals surface area (Å²) in [6.07, 6.45) is 7.28. The Hall–Kier alpha value is -3.10. The van der Waals surface area contributed by atoms with E-state index in [4.69, 9.17) is 0 Å². The maximum absolute atomic E-state index is 12.3. The average molecular weight is 379 g/mol. The lowest BCUT2D eigenvalue weighted by atomic mass is 10.1. The van der Waals surface area contributed by atoms with Crippen molar-refractivity contribution in [1.29, 1.82) is 0 Å². The lowest BCUT2D eigenvalue weighted by Crippen LogP contribution is -2.16. The Morgan fingerprint density at radius 2 is 2.11 bits per heavy atom. The van der Waals surface area contributed by atoms with Gasteiger partial charge in [-0.1, -0.05) is 18.2 Å². The average Bonchev–Trinajstić information content (AvgIpc) is 3.33. The van der Waals surface area contributed by atoms with E-state index in [-0.39, 0.29) is 12.0 Å². The van der Waals surface area contributed by atoms with Crippen molar-refractivity contribution in [2.24, 2.45) is 7.05 Å². The van der Waals surface area contributed by atoms with E-state index in [1.807, 2.05) is 37.5 Å². The van der Waals surface area contributed by atoms with Crippen LogP contribution in [0.15, 0.2) is 59.9 Å². The number of benzene rings is 1. The molecule has 0 saturated carbocycles. The first-order valence-corrected chi connectivity index (χ1v) is 9.17. The summed E-state index contributed by atoms with van der Waals surface area (Å²) in [5, 5.41) is 18.7. The fraction of sp³-hybridized carbons (Fsp3) is 0.158. The molecular weight excluding hydrogens is 362 g/mol. The van der Waals surface area contributed by atoms with Crippen molar-refractivity contribution in [2.75, 3.05) is 0 Å². The molecule has 8 heteroatoms. The Bertz CT molecular complexity index is 1140. The first-order valence-electron chi connectivity index (χ1n) is 8.35.